The van der Waals surface area contributed by atoms with Crippen molar-refractivity contribution >= 4 is 50.9 Å². The molecule has 0 aliphatic carbocycles. The summed E-state index contributed by atoms with van der Waals surface area (Å²) in [7, 11) is 0. The lowest BCUT2D eigenvalue weighted by Crippen LogP contribution is -2.18. The van der Waals surface area contributed by atoms with Crippen molar-refractivity contribution in [3.8, 4) is 0 Å². The van der Waals surface area contributed by atoms with E-state index in [9.17, 15) is 18.4 Å². The molecule has 0 saturated carbocycles. The zero-order valence-corrected chi connectivity index (χ0v) is 17.3. The van der Waals surface area contributed by atoms with Crippen molar-refractivity contribution in [3.63, 3.8) is 0 Å². The number of alkyl halides is 2. The lowest BCUT2D eigenvalue weighted by Gasteiger charge is -2.12. The van der Waals surface area contributed by atoms with Crippen LogP contribution >= 0.6 is 27.7 Å². The van der Waals surface area contributed by atoms with Crippen LogP contribution in [0.25, 0.3) is 0 Å². The molecule has 0 bridgehead atoms. The van der Waals surface area contributed by atoms with Crippen molar-refractivity contribution in [2.75, 3.05) is 10.6 Å². The molecule has 0 aliphatic rings. The van der Waals surface area contributed by atoms with Crippen LogP contribution < -0.4 is 10.6 Å². The second kappa shape index (κ2) is 9.67. The van der Waals surface area contributed by atoms with E-state index in [1.54, 1.807) is 60.7 Å². The van der Waals surface area contributed by atoms with Gasteiger partial charge in [0.15, 0.2) is 0 Å². The first kappa shape index (κ1) is 21.0. The summed E-state index contributed by atoms with van der Waals surface area (Å²) in [5, 5.41) is 5.46. The third-order valence-electron chi connectivity index (χ3n) is 3.88. The fourth-order valence-electron chi connectivity index (χ4n) is 2.54. The van der Waals surface area contributed by atoms with Gasteiger partial charge in [-0.3, -0.25) is 9.59 Å². The second-order valence-corrected chi connectivity index (χ2v) is 7.75. The molecule has 0 atom stereocenters. The highest BCUT2D eigenvalue weighted by molar-refractivity contribution is 9.10. The first-order chi connectivity index (χ1) is 13.9. The Labute approximate surface area is 178 Å². The number of hydrogen-bond acceptors (Lipinski definition) is 3. The van der Waals surface area contributed by atoms with Gasteiger partial charge >= 0.3 is 0 Å². The Morgan fingerprint density at radius 1 is 0.793 bits per heavy atom. The number of para-hydroxylation sites is 1. The van der Waals surface area contributed by atoms with Crippen LogP contribution in [0.15, 0.2) is 82.2 Å². The van der Waals surface area contributed by atoms with Crippen LogP contribution in [-0.2, 0) is 0 Å². The summed E-state index contributed by atoms with van der Waals surface area (Å²) in [6.07, 6.45) is 0. The van der Waals surface area contributed by atoms with E-state index in [0.29, 0.717) is 38.1 Å². The molecule has 0 radical (unpaired) electrons. The number of carbonyl (C=O) groups excluding carboxylic acids is 2. The topological polar surface area (TPSA) is 58.2 Å². The van der Waals surface area contributed by atoms with Crippen LogP contribution in [-0.4, -0.2) is 17.6 Å². The molecule has 0 saturated heterocycles. The van der Waals surface area contributed by atoms with E-state index >= 15 is 0 Å². The minimum atomic E-state index is -2.50. The van der Waals surface area contributed by atoms with E-state index < -0.39 is 11.7 Å². The molecule has 3 aromatic carbocycles. The first-order valence-electron chi connectivity index (χ1n) is 8.45. The highest BCUT2D eigenvalue weighted by Crippen LogP contribution is 2.27. The van der Waals surface area contributed by atoms with Gasteiger partial charge in [-0.15, -0.1) is 0 Å². The fraction of sp³-hybridized carbons (Fsp3) is 0.0476. The lowest BCUT2D eigenvalue weighted by atomic mass is 10.1. The van der Waals surface area contributed by atoms with Crippen LogP contribution in [0, 0.1) is 0 Å². The summed E-state index contributed by atoms with van der Waals surface area (Å²) < 4.78 is 25.4. The quantitative estimate of drug-likeness (QED) is 0.412. The van der Waals surface area contributed by atoms with Crippen LogP contribution in [0.4, 0.5) is 20.2 Å². The highest BCUT2D eigenvalue weighted by Gasteiger charge is 2.16. The number of hydrogen-bond donors (Lipinski definition) is 2. The summed E-state index contributed by atoms with van der Waals surface area (Å²) in [4.78, 5) is 25.6. The molecule has 0 aromatic heterocycles. The van der Waals surface area contributed by atoms with Gasteiger partial charge in [0, 0.05) is 15.1 Å². The molecule has 0 spiro atoms. The molecule has 0 aliphatic heterocycles. The summed E-state index contributed by atoms with van der Waals surface area (Å²) in [5.41, 5.74) is 1.53. The first-order valence-corrected chi connectivity index (χ1v) is 10.1. The Balaban J connectivity index is 1.75. The summed E-state index contributed by atoms with van der Waals surface area (Å²) in [5.74, 6) is -3.29. The molecule has 2 amide bonds. The number of anilines is 2. The Kier molecular flexibility index (Phi) is 7.00. The molecule has 3 aromatic rings. The standard InChI is InChI=1S/C21H15BrF2N2O2S/c22-17-7-3-1-5-15(17)19(27)26-18-8-4-2-6-16(18)20(28)25-13-9-11-14(12-10-13)29-21(23)24/h1-12,21H,(H,25,28)(H,26,27). The van der Waals surface area contributed by atoms with Crippen molar-refractivity contribution in [2.24, 2.45) is 0 Å². The third-order valence-corrected chi connectivity index (χ3v) is 5.29. The molecule has 8 heteroatoms. The van der Waals surface area contributed by atoms with E-state index in [2.05, 4.69) is 26.6 Å². The van der Waals surface area contributed by atoms with Crippen molar-refractivity contribution in [1.29, 1.82) is 0 Å². The molecular formula is C21H15BrF2N2O2S. The normalized spacial score (nSPS) is 10.6. The number of nitrogens with one attached hydrogen (secondary N) is 2. The molecule has 0 heterocycles. The maximum atomic E-state index is 12.7. The van der Waals surface area contributed by atoms with Crippen molar-refractivity contribution in [2.45, 2.75) is 10.7 Å². The second-order valence-electron chi connectivity index (χ2n) is 5.84. The zero-order chi connectivity index (χ0) is 20.8. The van der Waals surface area contributed by atoms with E-state index in [4.69, 9.17) is 0 Å². The predicted molar refractivity (Wildman–Crippen MR) is 115 cm³/mol. The molecular weight excluding hydrogens is 462 g/mol. The predicted octanol–water partition coefficient (Wildman–Crippen LogP) is 6.27. The largest absolute Gasteiger partial charge is 0.322 e. The number of amides is 2. The van der Waals surface area contributed by atoms with Gasteiger partial charge in [0.1, 0.15) is 0 Å². The van der Waals surface area contributed by atoms with Gasteiger partial charge in [0.25, 0.3) is 17.6 Å². The number of rotatable bonds is 6. The van der Waals surface area contributed by atoms with Gasteiger partial charge in [-0.1, -0.05) is 36.0 Å². The van der Waals surface area contributed by atoms with Crippen molar-refractivity contribution in [3.05, 3.63) is 88.4 Å². The summed E-state index contributed by atoms with van der Waals surface area (Å²) >= 11 is 3.77. The van der Waals surface area contributed by atoms with E-state index in [-0.39, 0.29) is 11.5 Å². The summed E-state index contributed by atoms with van der Waals surface area (Å²) in [6, 6.07) is 19.7. The molecule has 4 nitrogen and oxygen atoms in total. The van der Waals surface area contributed by atoms with Crippen LogP contribution in [0.5, 0.6) is 0 Å². The van der Waals surface area contributed by atoms with Gasteiger partial charge in [-0.05, 0) is 64.5 Å². The zero-order valence-electron chi connectivity index (χ0n) is 14.9. The van der Waals surface area contributed by atoms with E-state index in [0.717, 1.165) is 0 Å². The van der Waals surface area contributed by atoms with Crippen LogP contribution in [0.2, 0.25) is 0 Å². The average molecular weight is 477 g/mol. The lowest BCUT2D eigenvalue weighted by molar-refractivity contribution is 0.102. The molecule has 2 N–H and O–H groups in total. The Morgan fingerprint density at radius 2 is 1.38 bits per heavy atom. The van der Waals surface area contributed by atoms with Crippen molar-refractivity contribution in [1.82, 2.24) is 0 Å². The average Bonchev–Trinajstić information content (AvgIpc) is 2.69. The van der Waals surface area contributed by atoms with E-state index in [1.807, 2.05) is 0 Å². The van der Waals surface area contributed by atoms with E-state index in [1.165, 1.54) is 12.1 Å². The molecule has 29 heavy (non-hydrogen) atoms. The van der Waals surface area contributed by atoms with Gasteiger partial charge in [0.05, 0.1) is 16.8 Å². The SMILES string of the molecule is O=C(Nc1ccccc1C(=O)Nc1ccc(SC(F)F)cc1)c1ccccc1Br. The van der Waals surface area contributed by atoms with Crippen LogP contribution in [0.1, 0.15) is 20.7 Å². The van der Waals surface area contributed by atoms with Gasteiger partial charge < -0.3 is 10.6 Å². The Hall–Kier alpha value is -2.71. The van der Waals surface area contributed by atoms with Gasteiger partial charge in [-0.2, -0.15) is 8.78 Å². The minimum Gasteiger partial charge on any atom is -0.322 e. The summed E-state index contributed by atoms with van der Waals surface area (Å²) in [6.45, 7) is 0. The number of halogens is 3. The third kappa shape index (κ3) is 5.65. The molecule has 148 valence electrons. The van der Waals surface area contributed by atoms with Gasteiger partial charge in [-0.25, -0.2) is 0 Å². The fourth-order valence-corrected chi connectivity index (χ4v) is 3.51. The maximum absolute atomic E-state index is 12.7. The van der Waals surface area contributed by atoms with Gasteiger partial charge in [0.2, 0.25) is 0 Å². The molecule has 3 rings (SSSR count). The van der Waals surface area contributed by atoms with Crippen molar-refractivity contribution < 1.29 is 18.4 Å². The number of thioether (sulfide) groups is 1. The smallest absolute Gasteiger partial charge is 0.288 e. The Bertz CT molecular complexity index is 1030. The van der Waals surface area contributed by atoms with Crippen LogP contribution in [0.3, 0.4) is 0 Å². The maximum Gasteiger partial charge on any atom is 0.288 e. The molecule has 0 unspecified atom stereocenters. The Morgan fingerprint density at radius 3 is 2.03 bits per heavy atom. The number of benzene rings is 3. The number of carbonyl (C=O) groups is 2. The highest BCUT2D eigenvalue weighted by atomic mass is 79.9. The monoisotopic (exact) mass is 476 g/mol. The minimum absolute atomic E-state index is 0.277. The molecule has 0 fully saturated rings.